The van der Waals surface area contributed by atoms with Gasteiger partial charge in [-0.05, 0) is 72.7 Å². The van der Waals surface area contributed by atoms with Crippen LogP contribution in [0, 0.1) is 17.7 Å². The molecule has 1 heterocycles. The number of halogens is 2. The molecule has 220 valence electrons. The summed E-state index contributed by atoms with van der Waals surface area (Å²) in [5, 5.41) is 8.99. The van der Waals surface area contributed by atoms with E-state index in [1.54, 1.807) is 38.5 Å². The zero-order valence-corrected chi connectivity index (χ0v) is 24.7. The summed E-state index contributed by atoms with van der Waals surface area (Å²) < 4.78 is 14.8. The molecule has 0 saturated heterocycles. The number of pyridine rings is 1. The molecule has 0 radical (unpaired) electrons. The molecule has 0 atom stereocenters. The molecule has 1 aliphatic carbocycles. The third-order valence-corrected chi connectivity index (χ3v) is 7.18. The number of nitrogens with one attached hydrogen (secondary N) is 3. The first-order valence-corrected chi connectivity index (χ1v) is 13.9. The Bertz CT molecular complexity index is 1680. The molecule has 43 heavy (non-hydrogen) atoms. The van der Waals surface area contributed by atoms with Crippen molar-refractivity contribution in [1.82, 2.24) is 20.9 Å². The van der Waals surface area contributed by atoms with Crippen molar-refractivity contribution in [3.8, 4) is 11.8 Å². The van der Waals surface area contributed by atoms with Crippen LogP contribution < -0.4 is 21.7 Å². The summed E-state index contributed by atoms with van der Waals surface area (Å²) in [5.74, 6) is 3.49. The number of allylic oxidation sites excluding steroid dienone is 2. The number of hydrogen-bond donors (Lipinski definition) is 4. The Morgan fingerprint density at radius 2 is 1.91 bits per heavy atom. The quantitative estimate of drug-likeness (QED) is 0.166. The second-order valence-electron chi connectivity index (χ2n) is 10.1. The first kappa shape index (κ1) is 31.0. The minimum atomic E-state index is -0.816. The van der Waals surface area contributed by atoms with E-state index in [4.69, 9.17) is 17.3 Å². The average Bonchev–Trinajstić information content (AvgIpc) is 3.77. The van der Waals surface area contributed by atoms with Gasteiger partial charge in [-0.2, -0.15) is 0 Å². The molecule has 0 aliphatic heterocycles. The van der Waals surface area contributed by atoms with Crippen molar-refractivity contribution >= 4 is 40.9 Å². The molecular weight excluding hydrogens is 567 g/mol. The molecule has 3 aromatic rings. The Labute approximate surface area is 255 Å². The van der Waals surface area contributed by atoms with Gasteiger partial charge in [0.1, 0.15) is 11.5 Å². The van der Waals surface area contributed by atoms with Crippen molar-refractivity contribution in [2.24, 2.45) is 10.7 Å². The number of benzene rings is 2. The fraction of sp³-hybridized carbons (Fsp3) is 0.212. The number of carbonyl (C=O) groups excluding carboxylic acids is 2. The number of nitrogens with zero attached hydrogens (tertiary/aromatic N) is 2. The van der Waals surface area contributed by atoms with Crippen LogP contribution in [0.15, 0.2) is 78.1 Å². The van der Waals surface area contributed by atoms with E-state index >= 15 is 0 Å². The van der Waals surface area contributed by atoms with Gasteiger partial charge in [-0.3, -0.25) is 14.6 Å². The minimum Gasteiger partial charge on any atom is -0.402 e. The Morgan fingerprint density at radius 1 is 1.16 bits per heavy atom. The second-order valence-corrected chi connectivity index (χ2v) is 10.5. The summed E-state index contributed by atoms with van der Waals surface area (Å²) in [4.78, 5) is 32.8. The zero-order chi connectivity index (χ0) is 31.0. The lowest BCUT2D eigenvalue weighted by Crippen LogP contribution is -2.39. The summed E-state index contributed by atoms with van der Waals surface area (Å²) in [7, 11) is 1.64. The molecule has 1 aromatic heterocycles. The van der Waals surface area contributed by atoms with Crippen LogP contribution in [0.4, 0.5) is 4.39 Å². The van der Waals surface area contributed by atoms with E-state index in [0.717, 1.165) is 29.5 Å². The maximum absolute atomic E-state index is 14.8. The third-order valence-electron chi connectivity index (χ3n) is 6.88. The van der Waals surface area contributed by atoms with Crippen LogP contribution >= 0.6 is 11.6 Å². The molecule has 1 fully saturated rings. The van der Waals surface area contributed by atoms with E-state index in [9.17, 15) is 14.0 Å². The monoisotopic (exact) mass is 598 g/mol. The minimum absolute atomic E-state index is 0.0479. The van der Waals surface area contributed by atoms with Crippen molar-refractivity contribution in [1.29, 1.82) is 0 Å². The Hall–Kier alpha value is -4.94. The number of amides is 2. The van der Waals surface area contributed by atoms with Crippen LogP contribution in [-0.2, 0) is 21.7 Å². The molecule has 8 nitrogen and oxygen atoms in total. The van der Waals surface area contributed by atoms with Crippen molar-refractivity contribution in [3.63, 3.8) is 0 Å². The van der Waals surface area contributed by atoms with E-state index in [-0.39, 0.29) is 18.9 Å². The SMILES string of the molecule is C=C(NC1(c2cc(F)cc(/C(C=NC)=C(\C)N)c2)CC1)c1ccccc1CNC(=O)C(=O)NCC#Cc1ncccc1Cl. The van der Waals surface area contributed by atoms with Crippen LogP contribution in [0.5, 0.6) is 0 Å². The fourth-order valence-electron chi connectivity index (χ4n) is 4.56. The lowest BCUT2D eigenvalue weighted by atomic mass is 9.96. The number of aliphatic imine (C=N–C) groups is 1. The molecule has 0 spiro atoms. The molecule has 2 aromatic carbocycles. The maximum Gasteiger partial charge on any atom is 0.310 e. The van der Waals surface area contributed by atoms with Crippen LogP contribution in [0.1, 0.15) is 47.7 Å². The van der Waals surface area contributed by atoms with Gasteiger partial charge in [-0.1, -0.05) is 48.4 Å². The highest BCUT2D eigenvalue weighted by Gasteiger charge is 2.45. The van der Waals surface area contributed by atoms with Gasteiger partial charge in [-0.15, -0.1) is 0 Å². The van der Waals surface area contributed by atoms with Gasteiger partial charge in [0.05, 0.1) is 17.1 Å². The van der Waals surface area contributed by atoms with Crippen molar-refractivity contribution < 1.29 is 14.0 Å². The number of carbonyl (C=O) groups is 2. The highest BCUT2D eigenvalue weighted by Crippen LogP contribution is 2.47. The number of hydrogen-bond acceptors (Lipinski definition) is 6. The van der Waals surface area contributed by atoms with E-state index in [1.807, 2.05) is 30.3 Å². The zero-order valence-electron chi connectivity index (χ0n) is 23.9. The highest BCUT2D eigenvalue weighted by atomic mass is 35.5. The molecule has 0 bridgehead atoms. The summed E-state index contributed by atoms with van der Waals surface area (Å²) in [5.41, 5.74) is 10.7. The maximum atomic E-state index is 14.8. The number of aromatic nitrogens is 1. The van der Waals surface area contributed by atoms with E-state index in [2.05, 4.69) is 44.3 Å². The van der Waals surface area contributed by atoms with Gasteiger partial charge in [0.15, 0.2) is 0 Å². The van der Waals surface area contributed by atoms with Crippen LogP contribution in [0.25, 0.3) is 11.3 Å². The molecule has 0 unspecified atom stereocenters. The van der Waals surface area contributed by atoms with Crippen molar-refractivity contribution in [3.05, 3.63) is 112 Å². The third kappa shape index (κ3) is 7.87. The normalized spacial score (nSPS) is 13.8. The molecule has 4 rings (SSSR count). The fourth-order valence-corrected chi connectivity index (χ4v) is 4.73. The smallest absolute Gasteiger partial charge is 0.310 e. The molecule has 10 heteroatoms. The molecule has 5 N–H and O–H groups in total. The summed E-state index contributed by atoms with van der Waals surface area (Å²) in [6.07, 6.45) is 4.75. The topological polar surface area (TPSA) is 121 Å². The van der Waals surface area contributed by atoms with Gasteiger partial charge in [0, 0.05) is 48.5 Å². The van der Waals surface area contributed by atoms with Crippen LogP contribution in [0.3, 0.4) is 0 Å². The van der Waals surface area contributed by atoms with Crippen molar-refractivity contribution in [2.75, 3.05) is 13.6 Å². The van der Waals surface area contributed by atoms with E-state index in [0.29, 0.717) is 33.2 Å². The Morgan fingerprint density at radius 3 is 2.60 bits per heavy atom. The molecule has 2 amide bonds. The largest absolute Gasteiger partial charge is 0.402 e. The lowest BCUT2D eigenvalue weighted by Gasteiger charge is -2.23. The number of rotatable bonds is 9. The average molecular weight is 599 g/mol. The first-order valence-electron chi connectivity index (χ1n) is 13.5. The van der Waals surface area contributed by atoms with Crippen LogP contribution in [-0.4, -0.2) is 36.6 Å². The Balaban J connectivity index is 1.40. The highest BCUT2D eigenvalue weighted by molar-refractivity contribution is 6.35. The van der Waals surface area contributed by atoms with Crippen molar-refractivity contribution in [2.45, 2.75) is 31.8 Å². The summed E-state index contributed by atoms with van der Waals surface area (Å²) >= 11 is 6.01. The first-order chi connectivity index (χ1) is 20.6. The molecular formula is C33H32ClFN6O2. The standard InChI is InChI=1S/C33H32ClFN6O2/c1-21(36)28(20-37-3)24-16-25(18-26(35)17-24)33(12-13-33)41-22(2)27-9-5-4-8-23(27)19-40-32(43)31(42)39-15-7-11-30-29(34)10-6-14-38-30/h4-6,8-10,14,16-18,20,41H,2,12-13,15,19,36H2,1,3H3,(H,39,42)(H,40,43)/b28-21+,37-20?. The van der Waals surface area contributed by atoms with Gasteiger partial charge in [-0.25, -0.2) is 9.37 Å². The van der Waals surface area contributed by atoms with Gasteiger partial charge in [0.25, 0.3) is 0 Å². The van der Waals surface area contributed by atoms with Gasteiger partial charge >= 0.3 is 11.8 Å². The number of nitrogens with two attached hydrogens (primary N) is 1. The Kier molecular flexibility index (Phi) is 9.96. The second kappa shape index (κ2) is 13.8. The predicted octanol–water partition coefficient (Wildman–Crippen LogP) is 4.30. The van der Waals surface area contributed by atoms with Crippen LogP contribution in [0.2, 0.25) is 5.02 Å². The summed E-state index contributed by atoms with van der Waals surface area (Å²) in [6.45, 7) is 6.04. The summed E-state index contributed by atoms with van der Waals surface area (Å²) in [6, 6.07) is 15.6. The predicted molar refractivity (Wildman–Crippen MR) is 168 cm³/mol. The van der Waals surface area contributed by atoms with E-state index in [1.165, 1.54) is 12.1 Å². The molecule has 1 aliphatic rings. The van der Waals surface area contributed by atoms with E-state index < -0.39 is 17.4 Å². The van der Waals surface area contributed by atoms with Gasteiger partial charge in [0.2, 0.25) is 0 Å². The van der Waals surface area contributed by atoms with Gasteiger partial charge < -0.3 is 21.7 Å². The molecule has 1 saturated carbocycles. The lowest BCUT2D eigenvalue weighted by molar-refractivity contribution is -0.139.